The molecule has 0 spiro atoms. The van der Waals surface area contributed by atoms with Gasteiger partial charge in [0.25, 0.3) is 0 Å². The van der Waals surface area contributed by atoms with E-state index in [1.54, 1.807) is 0 Å². The molecular weight excluding hydrogens is 218 g/mol. The highest BCUT2D eigenvalue weighted by Gasteiger charge is 2.24. The number of benzene rings is 1. The second-order valence-corrected chi connectivity index (χ2v) is 6.05. The van der Waals surface area contributed by atoms with Gasteiger partial charge in [0.2, 0.25) is 0 Å². The minimum absolute atomic E-state index is 0.386. The maximum atomic E-state index is 9.61. The molecule has 1 aromatic rings. The molecule has 0 aromatic heterocycles. The molecule has 1 saturated heterocycles. The SMILES string of the molecule is Cc1cc(NC2CCSC2C)c(C)cc1O. The fraction of sp³-hybridized carbons (Fsp3) is 0.538. The van der Waals surface area contributed by atoms with E-state index in [-0.39, 0.29) is 0 Å². The molecule has 3 heteroatoms. The van der Waals surface area contributed by atoms with Crippen LogP contribution in [0.2, 0.25) is 0 Å². The number of hydrogen-bond acceptors (Lipinski definition) is 3. The van der Waals surface area contributed by atoms with Gasteiger partial charge in [0.15, 0.2) is 0 Å². The number of thioether (sulfide) groups is 1. The fourth-order valence-electron chi connectivity index (χ4n) is 2.08. The second-order valence-electron chi connectivity index (χ2n) is 4.57. The molecule has 0 saturated carbocycles. The van der Waals surface area contributed by atoms with E-state index >= 15 is 0 Å². The number of aryl methyl sites for hydroxylation is 2. The number of phenols is 1. The van der Waals surface area contributed by atoms with Crippen LogP contribution in [-0.2, 0) is 0 Å². The van der Waals surface area contributed by atoms with Crippen molar-refractivity contribution < 1.29 is 5.11 Å². The summed E-state index contributed by atoms with van der Waals surface area (Å²) in [4.78, 5) is 0. The molecule has 0 amide bonds. The predicted octanol–water partition coefficient (Wildman–Crippen LogP) is 3.31. The summed E-state index contributed by atoms with van der Waals surface area (Å²) in [5.41, 5.74) is 3.22. The first-order chi connectivity index (χ1) is 7.58. The van der Waals surface area contributed by atoms with Gasteiger partial charge in [-0.05, 0) is 49.3 Å². The Morgan fingerprint density at radius 2 is 2.06 bits per heavy atom. The molecule has 1 heterocycles. The molecule has 2 nitrogen and oxygen atoms in total. The Labute approximate surface area is 101 Å². The standard InChI is InChI=1S/C13H19NOS/c1-8-7-13(15)9(2)6-12(8)14-11-4-5-16-10(11)3/h6-7,10-11,14-15H,4-5H2,1-3H3. The maximum Gasteiger partial charge on any atom is 0.118 e. The molecule has 0 radical (unpaired) electrons. The van der Waals surface area contributed by atoms with Gasteiger partial charge in [0, 0.05) is 17.0 Å². The molecule has 0 aliphatic carbocycles. The van der Waals surface area contributed by atoms with E-state index in [1.165, 1.54) is 12.2 Å². The van der Waals surface area contributed by atoms with Crippen molar-refractivity contribution in [2.75, 3.05) is 11.1 Å². The zero-order chi connectivity index (χ0) is 11.7. The van der Waals surface area contributed by atoms with Crippen molar-refractivity contribution >= 4 is 17.4 Å². The molecule has 0 bridgehead atoms. The molecule has 88 valence electrons. The Bertz CT molecular complexity index is 392. The van der Waals surface area contributed by atoms with E-state index in [2.05, 4.69) is 12.2 Å². The summed E-state index contributed by atoms with van der Waals surface area (Å²) >= 11 is 2.03. The van der Waals surface area contributed by atoms with Gasteiger partial charge in [-0.3, -0.25) is 0 Å². The van der Waals surface area contributed by atoms with Crippen molar-refractivity contribution in [2.45, 2.75) is 38.5 Å². The minimum Gasteiger partial charge on any atom is -0.508 e. The Morgan fingerprint density at radius 3 is 2.69 bits per heavy atom. The average molecular weight is 237 g/mol. The quantitative estimate of drug-likeness (QED) is 0.774. The van der Waals surface area contributed by atoms with Gasteiger partial charge in [-0.2, -0.15) is 11.8 Å². The highest BCUT2D eigenvalue weighted by Crippen LogP contribution is 2.31. The molecule has 1 fully saturated rings. The smallest absolute Gasteiger partial charge is 0.118 e. The van der Waals surface area contributed by atoms with Crippen LogP contribution in [0.1, 0.15) is 24.5 Å². The summed E-state index contributed by atoms with van der Waals surface area (Å²) in [6, 6.07) is 4.44. The molecular formula is C13H19NOS. The van der Waals surface area contributed by atoms with Gasteiger partial charge in [-0.1, -0.05) is 6.92 Å². The summed E-state index contributed by atoms with van der Waals surface area (Å²) in [6.45, 7) is 6.25. The van der Waals surface area contributed by atoms with Crippen LogP contribution >= 0.6 is 11.8 Å². The Morgan fingerprint density at radius 1 is 1.31 bits per heavy atom. The molecule has 2 unspecified atom stereocenters. The van der Waals surface area contributed by atoms with Crippen molar-refractivity contribution in [3.05, 3.63) is 23.3 Å². The molecule has 16 heavy (non-hydrogen) atoms. The third-order valence-electron chi connectivity index (χ3n) is 3.26. The van der Waals surface area contributed by atoms with Crippen LogP contribution in [-0.4, -0.2) is 22.2 Å². The Kier molecular flexibility index (Phi) is 3.33. The van der Waals surface area contributed by atoms with E-state index in [4.69, 9.17) is 0 Å². The van der Waals surface area contributed by atoms with Gasteiger partial charge < -0.3 is 10.4 Å². The zero-order valence-corrected chi connectivity index (χ0v) is 10.9. The van der Waals surface area contributed by atoms with E-state index < -0.39 is 0 Å². The second kappa shape index (κ2) is 4.58. The van der Waals surface area contributed by atoms with E-state index in [0.717, 1.165) is 16.8 Å². The van der Waals surface area contributed by atoms with Crippen LogP contribution in [0.25, 0.3) is 0 Å². The van der Waals surface area contributed by atoms with Crippen molar-refractivity contribution in [3.8, 4) is 5.75 Å². The van der Waals surface area contributed by atoms with Crippen LogP contribution < -0.4 is 5.32 Å². The third-order valence-corrected chi connectivity index (χ3v) is 4.59. The molecule has 2 rings (SSSR count). The minimum atomic E-state index is 0.386. The topological polar surface area (TPSA) is 32.3 Å². The van der Waals surface area contributed by atoms with Crippen LogP contribution in [0.4, 0.5) is 5.69 Å². The Hall–Kier alpha value is -0.830. The van der Waals surface area contributed by atoms with Gasteiger partial charge in [-0.15, -0.1) is 0 Å². The lowest BCUT2D eigenvalue weighted by Crippen LogP contribution is -2.25. The molecule has 2 N–H and O–H groups in total. The van der Waals surface area contributed by atoms with Gasteiger partial charge in [0.05, 0.1) is 0 Å². The lowest BCUT2D eigenvalue weighted by molar-refractivity contribution is 0.470. The number of nitrogens with one attached hydrogen (secondary N) is 1. The van der Waals surface area contributed by atoms with Crippen LogP contribution in [0.5, 0.6) is 5.75 Å². The Balaban J connectivity index is 2.18. The summed E-state index contributed by atoms with van der Waals surface area (Å²) < 4.78 is 0. The first-order valence-electron chi connectivity index (χ1n) is 5.76. The van der Waals surface area contributed by atoms with Crippen molar-refractivity contribution in [2.24, 2.45) is 0 Å². The number of aromatic hydroxyl groups is 1. The van der Waals surface area contributed by atoms with Crippen LogP contribution in [0.15, 0.2) is 12.1 Å². The summed E-state index contributed by atoms with van der Waals surface area (Å²) in [6.07, 6.45) is 1.23. The average Bonchev–Trinajstić information content (AvgIpc) is 2.61. The number of hydrogen-bond donors (Lipinski definition) is 2. The molecule has 1 aromatic carbocycles. The van der Waals surface area contributed by atoms with Crippen molar-refractivity contribution in [3.63, 3.8) is 0 Å². The third kappa shape index (κ3) is 2.29. The summed E-state index contributed by atoms with van der Waals surface area (Å²) in [7, 11) is 0. The monoisotopic (exact) mass is 237 g/mol. The highest BCUT2D eigenvalue weighted by molar-refractivity contribution is 8.00. The first-order valence-corrected chi connectivity index (χ1v) is 6.81. The van der Waals surface area contributed by atoms with Gasteiger partial charge in [0.1, 0.15) is 5.75 Å². The largest absolute Gasteiger partial charge is 0.508 e. The zero-order valence-electron chi connectivity index (χ0n) is 10.1. The van der Waals surface area contributed by atoms with Crippen LogP contribution in [0, 0.1) is 13.8 Å². The van der Waals surface area contributed by atoms with E-state index in [1.807, 2.05) is 37.7 Å². The van der Waals surface area contributed by atoms with Crippen molar-refractivity contribution in [1.29, 1.82) is 0 Å². The van der Waals surface area contributed by atoms with Crippen molar-refractivity contribution in [1.82, 2.24) is 0 Å². The molecule has 1 aliphatic heterocycles. The lowest BCUT2D eigenvalue weighted by Gasteiger charge is -2.20. The lowest BCUT2D eigenvalue weighted by atomic mass is 10.1. The normalized spacial score (nSPS) is 24.7. The highest BCUT2D eigenvalue weighted by atomic mass is 32.2. The van der Waals surface area contributed by atoms with Gasteiger partial charge >= 0.3 is 0 Å². The van der Waals surface area contributed by atoms with E-state index in [0.29, 0.717) is 17.0 Å². The fourth-order valence-corrected chi connectivity index (χ4v) is 3.28. The maximum absolute atomic E-state index is 9.61. The summed E-state index contributed by atoms with van der Waals surface area (Å²) in [5.74, 6) is 1.63. The van der Waals surface area contributed by atoms with Gasteiger partial charge in [-0.25, -0.2) is 0 Å². The molecule has 1 aliphatic rings. The molecule has 2 atom stereocenters. The predicted molar refractivity (Wildman–Crippen MR) is 71.5 cm³/mol. The summed E-state index contributed by atoms with van der Waals surface area (Å²) in [5, 5.41) is 13.9. The number of phenolic OH excluding ortho intramolecular Hbond substituents is 1. The van der Waals surface area contributed by atoms with E-state index in [9.17, 15) is 5.11 Å². The number of anilines is 1. The number of rotatable bonds is 2. The first kappa shape index (κ1) is 11.6. The van der Waals surface area contributed by atoms with Crippen LogP contribution in [0.3, 0.4) is 0 Å².